The third-order valence-corrected chi connectivity index (χ3v) is 5.37. The first-order valence-corrected chi connectivity index (χ1v) is 9.27. The van der Waals surface area contributed by atoms with Gasteiger partial charge in [0, 0.05) is 25.5 Å². The molecular formula is C19H29IN4O2S. The SMILES string of the molecule is CN=C(NCc1nc(C)c(C)s1)N(C)Cc1cc(OC)c(OC)cc1C.I. The Hall–Kier alpha value is -1.55. The predicted octanol–water partition coefficient (Wildman–Crippen LogP) is 3.91. The molecular weight excluding hydrogens is 475 g/mol. The van der Waals surface area contributed by atoms with Crippen molar-refractivity contribution in [2.45, 2.75) is 33.9 Å². The second-order valence-corrected chi connectivity index (χ2v) is 7.43. The highest BCUT2D eigenvalue weighted by Gasteiger charge is 2.13. The van der Waals surface area contributed by atoms with Crippen molar-refractivity contribution in [2.75, 3.05) is 28.3 Å². The van der Waals surface area contributed by atoms with E-state index in [9.17, 15) is 0 Å². The summed E-state index contributed by atoms with van der Waals surface area (Å²) in [6.07, 6.45) is 0. The lowest BCUT2D eigenvalue weighted by molar-refractivity contribution is 0.353. The second-order valence-electron chi connectivity index (χ2n) is 6.14. The van der Waals surface area contributed by atoms with Crippen molar-refractivity contribution in [3.05, 3.63) is 38.8 Å². The average Bonchev–Trinajstić information content (AvgIpc) is 2.94. The van der Waals surface area contributed by atoms with Crippen LogP contribution < -0.4 is 14.8 Å². The Balaban J connectivity index is 0.00000364. The van der Waals surface area contributed by atoms with Crippen LogP contribution in [0, 0.1) is 20.8 Å². The largest absolute Gasteiger partial charge is 0.493 e. The van der Waals surface area contributed by atoms with Crippen LogP contribution in [0.1, 0.15) is 26.7 Å². The number of hydrogen-bond acceptors (Lipinski definition) is 5. The molecule has 0 radical (unpaired) electrons. The Morgan fingerprint density at radius 2 is 1.81 bits per heavy atom. The van der Waals surface area contributed by atoms with E-state index >= 15 is 0 Å². The normalized spacial score (nSPS) is 11.0. The molecule has 0 unspecified atom stereocenters. The molecule has 150 valence electrons. The van der Waals surface area contributed by atoms with Gasteiger partial charge in [-0.25, -0.2) is 4.98 Å². The number of nitrogens with zero attached hydrogens (tertiary/aromatic N) is 3. The van der Waals surface area contributed by atoms with Crippen molar-refractivity contribution in [3.63, 3.8) is 0 Å². The number of guanidine groups is 1. The van der Waals surface area contributed by atoms with Crippen LogP contribution in [0.5, 0.6) is 11.5 Å². The fourth-order valence-corrected chi connectivity index (χ4v) is 3.55. The highest BCUT2D eigenvalue weighted by Crippen LogP contribution is 2.30. The summed E-state index contributed by atoms with van der Waals surface area (Å²) in [5.41, 5.74) is 3.40. The van der Waals surface area contributed by atoms with Crippen LogP contribution in [0.3, 0.4) is 0 Å². The van der Waals surface area contributed by atoms with Crippen LogP contribution in [-0.2, 0) is 13.1 Å². The number of halogens is 1. The topological polar surface area (TPSA) is 59.0 Å². The maximum Gasteiger partial charge on any atom is 0.194 e. The molecule has 1 aromatic heterocycles. The smallest absolute Gasteiger partial charge is 0.194 e. The molecule has 0 amide bonds. The van der Waals surface area contributed by atoms with E-state index < -0.39 is 0 Å². The first-order valence-electron chi connectivity index (χ1n) is 8.45. The average molecular weight is 504 g/mol. The number of methoxy groups -OCH3 is 2. The van der Waals surface area contributed by atoms with Crippen LogP contribution in [0.15, 0.2) is 17.1 Å². The molecule has 27 heavy (non-hydrogen) atoms. The van der Waals surface area contributed by atoms with Crippen molar-refractivity contribution in [1.82, 2.24) is 15.2 Å². The fraction of sp³-hybridized carbons (Fsp3) is 0.474. The van der Waals surface area contributed by atoms with Crippen LogP contribution in [0.25, 0.3) is 0 Å². The highest BCUT2D eigenvalue weighted by molar-refractivity contribution is 14.0. The molecule has 2 rings (SSSR count). The lowest BCUT2D eigenvalue weighted by atomic mass is 10.1. The number of rotatable bonds is 6. The summed E-state index contributed by atoms with van der Waals surface area (Å²) >= 11 is 1.72. The van der Waals surface area contributed by atoms with Gasteiger partial charge in [-0.1, -0.05) is 0 Å². The Bertz CT molecular complexity index is 773. The summed E-state index contributed by atoms with van der Waals surface area (Å²) in [6, 6.07) is 4.02. The zero-order valence-electron chi connectivity index (χ0n) is 17.0. The van der Waals surface area contributed by atoms with Crippen LogP contribution in [0.2, 0.25) is 0 Å². The third kappa shape index (κ3) is 5.97. The van der Waals surface area contributed by atoms with Crippen molar-refractivity contribution in [3.8, 4) is 11.5 Å². The maximum absolute atomic E-state index is 5.42. The minimum Gasteiger partial charge on any atom is -0.493 e. The summed E-state index contributed by atoms with van der Waals surface area (Å²) in [7, 11) is 7.11. The van der Waals surface area contributed by atoms with Gasteiger partial charge in [0.2, 0.25) is 0 Å². The van der Waals surface area contributed by atoms with Gasteiger partial charge in [0.25, 0.3) is 0 Å². The molecule has 0 aliphatic rings. The van der Waals surface area contributed by atoms with Crippen LogP contribution in [0.4, 0.5) is 0 Å². The number of hydrogen-bond donors (Lipinski definition) is 1. The van der Waals surface area contributed by atoms with Gasteiger partial charge < -0.3 is 19.7 Å². The van der Waals surface area contributed by atoms with E-state index in [2.05, 4.69) is 34.0 Å². The number of ether oxygens (including phenoxy) is 2. The molecule has 2 aromatic rings. The van der Waals surface area contributed by atoms with E-state index in [1.54, 1.807) is 32.6 Å². The monoisotopic (exact) mass is 504 g/mol. The van der Waals surface area contributed by atoms with Crippen molar-refractivity contribution >= 4 is 41.3 Å². The predicted molar refractivity (Wildman–Crippen MR) is 123 cm³/mol. The molecule has 0 bridgehead atoms. The van der Waals surface area contributed by atoms with Gasteiger partial charge in [-0.05, 0) is 44.0 Å². The molecule has 8 heteroatoms. The summed E-state index contributed by atoms with van der Waals surface area (Å²) in [5.74, 6) is 2.30. The number of aliphatic imine (C=N–C) groups is 1. The number of aryl methyl sites for hydroxylation is 3. The van der Waals surface area contributed by atoms with Crippen LogP contribution in [-0.4, -0.2) is 44.2 Å². The van der Waals surface area contributed by atoms with E-state index in [0.29, 0.717) is 13.1 Å². The van der Waals surface area contributed by atoms with Gasteiger partial charge in [0.05, 0.1) is 26.5 Å². The van der Waals surface area contributed by atoms with Gasteiger partial charge in [-0.2, -0.15) is 0 Å². The number of thiazole rings is 1. The molecule has 0 saturated heterocycles. The molecule has 6 nitrogen and oxygen atoms in total. The lowest BCUT2D eigenvalue weighted by Gasteiger charge is -2.23. The molecule has 1 N–H and O–H groups in total. The molecule has 0 atom stereocenters. The Morgan fingerprint density at radius 3 is 2.33 bits per heavy atom. The van der Waals surface area contributed by atoms with Gasteiger partial charge in [0.15, 0.2) is 17.5 Å². The van der Waals surface area contributed by atoms with Crippen molar-refractivity contribution in [2.24, 2.45) is 4.99 Å². The van der Waals surface area contributed by atoms with E-state index in [-0.39, 0.29) is 24.0 Å². The highest BCUT2D eigenvalue weighted by atomic mass is 127. The maximum atomic E-state index is 5.42. The third-order valence-electron chi connectivity index (χ3n) is 4.29. The Morgan fingerprint density at radius 1 is 1.19 bits per heavy atom. The van der Waals surface area contributed by atoms with Gasteiger partial charge >= 0.3 is 0 Å². The molecule has 0 aliphatic carbocycles. The molecule has 0 aliphatic heterocycles. The standard InChI is InChI=1S/C19H28N4O2S.HI/c1-12-8-16(24-6)17(25-7)9-15(12)11-23(5)19(20-4)21-10-18-22-13(2)14(3)26-18;/h8-9H,10-11H2,1-7H3,(H,20,21);1H. The minimum absolute atomic E-state index is 0. The minimum atomic E-state index is 0. The van der Waals surface area contributed by atoms with Crippen molar-refractivity contribution < 1.29 is 9.47 Å². The zero-order valence-corrected chi connectivity index (χ0v) is 20.2. The first-order chi connectivity index (χ1) is 12.4. The van der Waals surface area contributed by atoms with Gasteiger partial charge in [-0.15, -0.1) is 35.3 Å². The van der Waals surface area contributed by atoms with E-state index in [1.807, 2.05) is 26.1 Å². The zero-order chi connectivity index (χ0) is 19.3. The summed E-state index contributed by atoms with van der Waals surface area (Å²) in [5, 5.41) is 4.45. The lowest BCUT2D eigenvalue weighted by Crippen LogP contribution is -2.38. The first kappa shape index (κ1) is 23.5. The molecule has 1 aromatic carbocycles. The molecule has 0 saturated carbocycles. The van der Waals surface area contributed by atoms with Crippen LogP contribution >= 0.6 is 35.3 Å². The van der Waals surface area contributed by atoms with E-state index in [1.165, 1.54) is 4.88 Å². The van der Waals surface area contributed by atoms with Gasteiger partial charge in [-0.3, -0.25) is 4.99 Å². The van der Waals surface area contributed by atoms with Crippen molar-refractivity contribution in [1.29, 1.82) is 0 Å². The van der Waals surface area contributed by atoms with E-state index in [0.717, 1.165) is 39.3 Å². The number of aromatic nitrogens is 1. The quantitative estimate of drug-likeness (QED) is 0.367. The molecule has 0 fully saturated rings. The Kier molecular flexibility index (Phi) is 9.31. The summed E-state index contributed by atoms with van der Waals surface area (Å²) in [6.45, 7) is 7.58. The van der Waals surface area contributed by atoms with E-state index in [4.69, 9.17) is 9.47 Å². The number of benzene rings is 1. The van der Waals surface area contributed by atoms with Gasteiger partial charge in [0.1, 0.15) is 5.01 Å². The Labute approximate surface area is 183 Å². The second kappa shape index (κ2) is 10.7. The fourth-order valence-electron chi connectivity index (χ4n) is 2.68. The molecule has 0 spiro atoms. The molecule has 1 heterocycles. The summed E-state index contributed by atoms with van der Waals surface area (Å²) in [4.78, 5) is 12.3. The number of nitrogens with one attached hydrogen (secondary N) is 1. The summed E-state index contributed by atoms with van der Waals surface area (Å²) < 4.78 is 10.8.